The number of likely N-dealkylation sites (tertiary alicyclic amines) is 2. The lowest BCUT2D eigenvalue weighted by molar-refractivity contribution is 0.0224. The van der Waals surface area contributed by atoms with Crippen LogP contribution in [-0.4, -0.2) is 60.6 Å². The zero-order valence-electron chi connectivity index (χ0n) is 13.6. The van der Waals surface area contributed by atoms with Crippen molar-refractivity contribution in [1.82, 2.24) is 15.1 Å². The van der Waals surface area contributed by atoms with E-state index >= 15 is 0 Å². The first-order valence-corrected chi connectivity index (χ1v) is 8.06. The molecule has 0 bridgehead atoms. The van der Waals surface area contributed by atoms with Crippen LogP contribution in [0.25, 0.3) is 0 Å². The number of nitrogens with zero attached hydrogens (tertiary/aromatic N) is 2. The minimum absolute atomic E-state index is 0.234. The van der Waals surface area contributed by atoms with E-state index in [1.54, 1.807) is 0 Å². The van der Waals surface area contributed by atoms with Gasteiger partial charge in [0.15, 0.2) is 0 Å². The van der Waals surface area contributed by atoms with Crippen molar-refractivity contribution in [1.29, 1.82) is 0 Å². The summed E-state index contributed by atoms with van der Waals surface area (Å²) in [6.45, 7) is 14.1. The molecule has 1 N–H and O–H groups in total. The van der Waals surface area contributed by atoms with Gasteiger partial charge in [0.2, 0.25) is 0 Å². The summed E-state index contributed by atoms with van der Waals surface area (Å²) in [6.07, 6.45) is 4.19. The highest BCUT2D eigenvalue weighted by molar-refractivity contribution is 4.91. The van der Waals surface area contributed by atoms with Crippen molar-refractivity contribution in [2.75, 3.05) is 33.2 Å². The molecule has 2 rings (SSSR count). The van der Waals surface area contributed by atoms with Gasteiger partial charge in [-0.05, 0) is 73.0 Å². The molecule has 2 aliphatic rings. The lowest BCUT2D eigenvalue weighted by atomic mass is 9.83. The van der Waals surface area contributed by atoms with Gasteiger partial charge in [-0.1, -0.05) is 0 Å². The monoisotopic (exact) mass is 267 g/mol. The van der Waals surface area contributed by atoms with Gasteiger partial charge in [-0.25, -0.2) is 0 Å². The largest absolute Gasteiger partial charge is 0.311 e. The molecule has 0 aliphatic carbocycles. The highest BCUT2D eigenvalue weighted by Crippen LogP contribution is 2.30. The minimum Gasteiger partial charge on any atom is -0.311 e. The molecule has 2 fully saturated rings. The fourth-order valence-corrected chi connectivity index (χ4v) is 3.66. The quantitative estimate of drug-likeness (QED) is 0.845. The van der Waals surface area contributed by atoms with E-state index in [0.29, 0.717) is 6.04 Å². The Kier molecular flexibility index (Phi) is 4.91. The molecule has 2 heterocycles. The Morgan fingerprint density at radius 1 is 1.21 bits per heavy atom. The van der Waals surface area contributed by atoms with Crippen molar-refractivity contribution in [3.63, 3.8) is 0 Å². The van der Waals surface area contributed by atoms with Crippen LogP contribution in [-0.2, 0) is 0 Å². The summed E-state index contributed by atoms with van der Waals surface area (Å²) >= 11 is 0. The van der Waals surface area contributed by atoms with Crippen molar-refractivity contribution in [3.8, 4) is 0 Å². The first kappa shape index (κ1) is 15.3. The maximum absolute atomic E-state index is 3.65. The van der Waals surface area contributed by atoms with Gasteiger partial charge in [0.25, 0.3) is 0 Å². The zero-order valence-corrected chi connectivity index (χ0v) is 13.6. The Morgan fingerprint density at radius 3 is 2.63 bits per heavy atom. The smallest absolute Gasteiger partial charge is 0.0192 e. The van der Waals surface area contributed by atoms with E-state index in [1.807, 2.05) is 0 Å². The summed E-state index contributed by atoms with van der Waals surface area (Å²) in [5.41, 5.74) is 0.234. The molecule has 112 valence electrons. The molecule has 3 unspecified atom stereocenters. The summed E-state index contributed by atoms with van der Waals surface area (Å²) in [4.78, 5) is 5.31. The van der Waals surface area contributed by atoms with E-state index in [0.717, 1.165) is 18.5 Å². The Hall–Kier alpha value is -0.120. The third-order valence-electron chi connectivity index (χ3n) is 4.93. The first-order valence-electron chi connectivity index (χ1n) is 8.06. The second-order valence-electron chi connectivity index (χ2n) is 7.71. The predicted octanol–water partition coefficient (Wildman–Crippen LogP) is 2.18. The molecule has 0 radical (unpaired) electrons. The van der Waals surface area contributed by atoms with Gasteiger partial charge in [-0.3, -0.25) is 4.90 Å². The van der Waals surface area contributed by atoms with Crippen molar-refractivity contribution >= 4 is 0 Å². The summed E-state index contributed by atoms with van der Waals surface area (Å²) in [5, 5.41) is 3.65. The second kappa shape index (κ2) is 6.11. The molecule has 0 spiro atoms. The van der Waals surface area contributed by atoms with Gasteiger partial charge >= 0.3 is 0 Å². The molecule has 0 aromatic heterocycles. The maximum Gasteiger partial charge on any atom is 0.0192 e. The topological polar surface area (TPSA) is 18.5 Å². The molecular weight excluding hydrogens is 234 g/mol. The van der Waals surface area contributed by atoms with Crippen molar-refractivity contribution in [2.45, 2.75) is 64.6 Å². The normalized spacial score (nSPS) is 32.1. The summed E-state index contributed by atoms with van der Waals surface area (Å²) in [7, 11) is 2.32. The van der Waals surface area contributed by atoms with Gasteiger partial charge in [0.1, 0.15) is 0 Å². The molecular formula is C16H33N3. The maximum atomic E-state index is 3.65. The van der Waals surface area contributed by atoms with Gasteiger partial charge < -0.3 is 10.2 Å². The molecule has 0 aromatic carbocycles. The summed E-state index contributed by atoms with van der Waals surface area (Å²) < 4.78 is 0. The fourth-order valence-electron chi connectivity index (χ4n) is 3.66. The molecule has 3 atom stereocenters. The lowest BCUT2D eigenvalue weighted by Crippen LogP contribution is -2.56. The number of hydrogen-bond donors (Lipinski definition) is 1. The Balaban J connectivity index is 1.83. The first-order chi connectivity index (χ1) is 8.87. The van der Waals surface area contributed by atoms with Gasteiger partial charge in [-0.2, -0.15) is 0 Å². The van der Waals surface area contributed by atoms with Crippen LogP contribution >= 0.6 is 0 Å². The van der Waals surface area contributed by atoms with E-state index in [-0.39, 0.29) is 5.54 Å². The van der Waals surface area contributed by atoms with Crippen LogP contribution in [0.5, 0.6) is 0 Å². The Bertz CT molecular complexity index is 284. The minimum atomic E-state index is 0.234. The van der Waals surface area contributed by atoms with Crippen molar-refractivity contribution in [3.05, 3.63) is 0 Å². The third kappa shape index (κ3) is 4.17. The fraction of sp³-hybridized carbons (Fsp3) is 1.00. The SMILES string of the molecule is CC(CNC(C)(C)C)N1CCC2C(CCCN2C)C1. The predicted molar refractivity (Wildman–Crippen MR) is 82.5 cm³/mol. The van der Waals surface area contributed by atoms with Crippen LogP contribution in [0, 0.1) is 5.92 Å². The van der Waals surface area contributed by atoms with Crippen molar-refractivity contribution in [2.24, 2.45) is 5.92 Å². The zero-order chi connectivity index (χ0) is 14.0. The van der Waals surface area contributed by atoms with Crippen LogP contribution < -0.4 is 5.32 Å². The number of hydrogen-bond acceptors (Lipinski definition) is 3. The standard InChI is InChI=1S/C16H33N3/c1-13(11-17-16(2,3)4)19-10-8-15-14(12-19)7-6-9-18(15)5/h13-15,17H,6-12H2,1-5H3. The van der Waals surface area contributed by atoms with Crippen LogP contribution in [0.1, 0.15) is 47.0 Å². The van der Waals surface area contributed by atoms with Crippen LogP contribution in [0.15, 0.2) is 0 Å². The molecule has 0 aromatic rings. The van der Waals surface area contributed by atoms with E-state index in [2.05, 4.69) is 49.9 Å². The van der Waals surface area contributed by atoms with E-state index in [1.165, 1.54) is 38.9 Å². The van der Waals surface area contributed by atoms with Crippen molar-refractivity contribution < 1.29 is 0 Å². The Labute approximate surface area is 119 Å². The molecule has 0 saturated carbocycles. The molecule has 19 heavy (non-hydrogen) atoms. The van der Waals surface area contributed by atoms with Crippen LogP contribution in [0.3, 0.4) is 0 Å². The number of rotatable bonds is 3. The number of fused-ring (bicyclic) bond motifs is 1. The molecule has 0 amide bonds. The van der Waals surface area contributed by atoms with Gasteiger partial charge in [0.05, 0.1) is 0 Å². The highest BCUT2D eigenvalue weighted by atomic mass is 15.2. The number of nitrogens with one attached hydrogen (secondary N) is 1. The van der Waals surface area contributed by atoms with E-state index in [4.69, 9.17) is 0 Å². The third-order valence-corrected chi connectivity index (χ3v) is 4.93. The lowest BCUT2D eigenvalue weighted by Gasteiger charge is -2.47. The number of piperidine rings is 2. The van der Waals surface area contributed by atoms with E-state index in [9.17, 15) is 0 Å². The summed E-state index contributed by atoms with van der Waals surface area (Å²) in [5.74, 6) is 0.907. The van der Waals surface area contributed by atoms with Gasteiger partial charge in [0, 0.05) is 30.7 Å². The average Bonchev–Trinajstić information content (AvgIpc) is 2.35. The van der Waals surface area contributed by atoms with E-state index < -0.39 is 0 Å². The van der Waals surface area contributed by atoms with Crippen LogP contribution in [0.2, 0.25) is 0 Å². The molecule has 3 nitrogen and oxygen atoms in total. The van der Waals surface area contributed by atoms with Crippen LogP contribution in [0.4, 0.5) is 0 Å². The second-order valence-corrected chi connectivity index (χ2v) is 7.71. The average molecular weight is 267 g/mol. The Morgan fingerprint density at radius 2 is 1.95 bits per heavy atom. The highest BCUT2D eigenvalue weighted by Gasteiger charge is 2.35. The van der Waals surface area contributed by atoms with Gasteiger partial charge in [-0.15, -0.1) is 0 Å². The molecule has 3 heteroatoms. The molecule has 2 saturated heterocycles. The molecule has 2 aliphatic heterocycles. The summed E-state index contributed by atoms with van der Waals surface area (Å²) in [6, 6.07) is 1.51.